The van der Waals surface area contributed by atoms with E-state index in [1.165, 1.54) is 4.90 Å². The van der Waals surface area contributed by atoms with Gasteiger partial charge in [0.05, 0.1) is 18.4 Å². The third kappa shape index (κ3) is 1.83. The molecule has 1 aliphatic rings. The van der Waals surface area contributed by atoms with Crippen molar-refractivity contribution in [3.8, 4) is 0 Å². The number of aromatic nitrogens is 5. The number of carbonyl (C=O) groups is 2. The Morgan fingerprint density at radius 1 is 1.55 bits per heavy atom. The van der Waals surface area contributed by atoms with Crippen LogP contribution in [0.25, 0.3) is 0 Å². The SMILES string of the molecule is CN1C(=O)[C@@H](c2nc(C(N)=O)n[nH]2)CCn2cncc21. The van der Waals surface area contributed by atoms with Gasteiger partial charge in [0.2, 0.25) is 11.7 Å². The summed E-state index contributed by atoms with van der Waals surface area (Å²) in [6, 6.07) is 0. The molecule has 2 amide bonds. The van der Waals surface area contributed by atoms with Crippen LogP contribution < -0.4 is 10.6 Å². The molecule has 0 aromatic carbocycles. The molecule has 20 heavy (non-hydrogen) atoms. The highest BCUT2D eigenvalue weighted by Gasteiger charge is 2.32. The number of aromatic amines is 1. The Balaban J connectivity index is 1.93. The van der Waals surface area contributed by atoms with E-state index >= 15 is 0 Å². The maximum absolute atomic E-state index is 12.5. The van der Waals surface area contributed by atoms with Crippen LogP contribution in [-0.2, 0) is 11.3 Å². The molecule has 3 rings (SSSR count). The first-order valence-electron chi connectivity index (χ1n) is 6.07. The number of nitrogens with two attached hydrogens (primary N) is 1. The van der Waals surface area contributed by atoms with Crippen LogP contribution in [0.2, 0.25) is 0 Å². The van der Waals surface area contributed by atoms with Crippen LogP contribution in [0.3, 0.4) is 0 Å². The van der Waals surface area contributed by atoms with Crippen LogP contribution in [0.1, 0.15) is 28.8 Å². The number of imidazole rings is 1. The number of nitrogens with one attached hydrogen (secondary N) is 1. The smallest absolute Gasteiger partial charge is 0.288 e. The minimum absolute atomic E-state index is 0.110. The molecule has 0 bridgehead atoms. The maximum Gasteiger partial charge on any atom is 0.288 e. The van der Waals surface area contributed by atoms with E-state index in [9.17, 15) is 9.59 Å². The van der Waals surface area contributed by atoms with E-state index in [1.807, 2.05) is 4.57 Å². The first-order chi connectivity index (χ1) is 9.58. The molecule has 0 aliphatic carbocycles. The number of hydrogen-bond donors (Lipinski definition) is 2. The van der Waals surface area contributed by atoms with E-state index in [2.05, 4.69) is 20.2 Å². The second kappa shape index (κ2) is 4.44. The van der Waals surface area contributed by atoms with E-state index in [0.717, 1.165) is 5.82 Å². The van der Waals surface area contributed by atoms with Crippen molar-refractivity contribution in [2.45, 2.75) is 18.9 Å². The largest absolute Gasteiger partial charge is 0.363 e. The Kier molecular flexibility index (Phi) is 2.74. The van der Waals surface area contributed by atoms with Crippen LogP contribution >= 0.6 is 0 Å². The minimum Gasteiger partial charge on any atom is -0.363 e. The van der Waals surface area contributed by atoms with Crippen molar-refractivity contribution in [3.05, 3.63) is 24.2 Å². The van der Waals surface area contributed by atoms with Crippen molar-refractivity contribution in [2.24, 2.45) is 5.73 Å². The number of aryl methyl sites for hydroxylation is 1. The molecule has 0 saturated carbocycles. The third-order valence-electron chi connectivity index (χ3n) is 3.37. The third-order valence-corrected chi connectivity index (χ3v) is 3.37. The number of fused-ring (bicyclic) bond motifs is 1. The molecule has 1 aliphatic heterocycles. The highest BCUT2D eigenvalue weighted by molar-refractivity contribution is 5.97. The zero-order valence-electron chi connectivity index (χ0n) is 10.8. The summed E-state index contributed by atoms with van der Waals surface area (Å²) in [5.41, 5.74) is 5.11. The molecule has 9 nitrogen and oxygen atoms in total. The number of amides is 2. The fraction of sp³-hybridized carbons (Fsp3) is 0.364. The zero-order chi connectivity index (χ0) is 14.3. The van der Waals surface area contributed by atoms with Crippen molar-refractivity contribution in [2.75, 3.05) is 11.9 Å². The van der Waals surface area contributed by atoms with Crippen molar-refractivity contribution < 1.29 is 9.59 Å². The molecule has 0 spiro atoms. The van der Waals surface area contributed by atoms with Gasteiger partial charge in [-0.25, -0.2) is 9.97 Å². The van der Waals surface area contributed by atoms with Gasteiger partial charge in [0.15, 0.2) is 0 Å². The quantitative estimate of drug-likeness (QED) is 0.746. The van der Waals surface area contributed by atoms with Gasteiger partial charge in [0.25, 0.3) is 5.91 Å². The van der Waals surface area contributed by atoms with Gasteiger partial charge in [-0.15, -0.1) is 5.10 Å². The number of nitrogens with zero attached hydrogens (tertiary/aromatic N) is 5. The predicted octanol–water partition coefficient (Wildman–Crippen LogP) is -0.750. The lowest BCUT2D eigenvalue weighted by atomic mass is 10.0. The fourth-order valence-corrected chi connectivity index (χ4v) is 2.30. The molecular formula is C11H13N7O2. The van der Waals surface area contributed by atoms with Gasteiger partial charge in [0, 0.05) is 13.6 Å². The highest BCUT2D eigenvalue weighted by Crippen LogP contribution is 2.27. The van der Waals surface area contributed by atoms with E-state index in [1.54, 1.807) is 19.6 Å². The molecule has 2 aromatic heterocycles. The monoisotopic (exact) mass is 275 g/mol. The van der Waals surface area contributed by atoms with Gasteiger partial charge < -0.3 is 10.3 Å². The topological polar surface area (TPSA) is 123 Å². The van der Waals surface area contributed by atoms with E-state index in [4.69, 9.17) is 5.73 Å². The second-order valence-electron chi connectivity index (χ2n) is 4.59. The maximum atomic E-state index is 12.5. The molecule has 0 radical (unpaired) electrons. The van der Waals surface area contributed by atoms with Crippen LogP contribution in [-0.4, -0.2) is 43.6 Å². The number of likely N-dealkylation sites (N-methyl/N-ethyl adjacent to an activating group) is 1. The Bertz CT molecular complexity index is 674. The van der Waals surface area contributed by atoms with Gasteiger partial charge >= 0.3 is 0 Å². The molecule has 0 unspecified atom stereocenters. The highest BCUT2D eigenvalue weighted by atomic mass is 16.2. The lowest BCUT2D eigenvalue weighted by Crippen LogP contribution is -2.31. The lowest BCUT2D eigenvalue weighted by Gasteiger charge is -2.17. The minimum atomic E-state index is -0.725. The summed E-state index contributed by atoms with van der Waals surface area (Å²) < 4.78 is 1.89. The Labute approximate surface area is 113 Å². The van der Waals surface area contributed by atoms with Crippen LogP contribution in [0.5, 0.6) is 0 Å². The standard InChI is InChI=1S/C11H13N7O2/c1-17-7-4-13-5-18(7)3-2-6(11(17)20)9-14-10(8(12)19)16-15-9/h4-6H,2-3H2,1H3,(H2,12,19)(H,14,15,16)/t6-/m1/s1. The molecule has 0 fully saturated rings. The summed E-state index contributed by atoms with van der Waals surface area (Å²) in [4.78, 5) is 33.0. The first kappa shape index (κ1) is 12.3. The molecule has 3 heterocycles. The summed E-state index contributed by atoms with van der Waals surface area (Å²) in [7, 11) is 1.68. The van der Waals surface area contributed by atoms with Crippen LogP contribution in [0, 0.1) is 0 Å². The predicted molar refractivity (Wildman–Crippen MR) is 67.9 cm³/mol. The summed E-state index contributed by atoms with van der Waals surface area (Å²) >= 11 is 0. The number of anilines is 1. The normalized spacial score (nSPS) is 18.8. The van der Waals surface area contributed by atoms with Gasteiger partial charge in [-0.1, -0.05) is 0 Å². The molecular weight excluding hydrogens is 262 g/mol. The molecule has 3 N–H and O–H groups in total. The van der Waals surface area contributed by atoms with E-state index < -0.39 is 11.8 Å². The van der Waals surface area contributed by atoms with Gasteiger partial charge in [-0.05, 0) is 6.42 Å². The average Bonchev–Trinajstić information content (AvgIpc) is 3.04. The Morgan fingerprint density at radius 2 is 2.35 bits per heavy atom. The lowest BCUT2D eigenvalue weighted by molar-refractivity contribution is -0.119. The molecule has 1 atom stereocenters. The molecule has 104 valence electrons. The van der Waals surface area contributed by atoms with Gasteiger partial charge in [-0.3, -0.25) is 19.6 Å². The first-order valence-corrected chi connectivity index (χ1v) is 6.07. The van der Waals surface area contributed by atoms with Crippen molar-refractivity contribution in [1.82, 2.24) is 24.7 Å². The summed E-state index contributed by atoms with van der Waals surface area (Å²) in [6.07, 6.45) is 3.85. The fourth-order valence-electron chi connectivity index (χ4n) is 2.30. The van der Waals surface area contributed by atoms with E-state index in [0.29, 0.717) is 18.8 Å². The molecule has 2 aromatic rings. The Hall–Kier alpha value is -2.71. The van der Waals surface area contributed by atoms with Gasteiger partial charge in [-0.2, -0.15) is 0 Å². The number of H-pyrrole nitrogens is 1. The summed E-state index contributed by atoms with van der Waals surface area (Å²) in [5.74, 6) is -0.364. The number of hydrogen-bond acceptors (Lipinski definition) is 5. The average molecular weight is 275 g/mol. The summed E-state index contributed by atoms with van der Waals surface area (Å²) in [5, 5.41) is 6.34. The Morgan fingerprint density at radius 3 is 3.05 bits per heavy atom. The van der Waals surface area contributed by atoms with Crippen molar-refractivity contribution >= 4 is 17.6 Å². The van der Waals surface area contributed by atoms with Crippen molar-refractivity contribution in [3.63, 3.8) is 0 Å². The van der Waals surface area contributed by atoms with Gasteiger partial charge in [0.1, 0.15) is 11.6 Å². The van der Waals surface area contributed by atoms with E-state index in [-0.39, 0.29) is 11.7 Å². The number of primary amides is 1. The number of rotatable bonds is 2. The van der Waals surface area contributed by atoms with Crippen molar-refractivity contribution in [1.29, 1.82) is 0 Å². The zero-order valence-corrected chi connectivity index (χ0v) is 10.8. The van der Waals surface area contributed by atoms with Crippen LogP contribution in [0.15, 0.2) is 12.5 Å². The van der Waals surface area contributed by atoms with Crippen LogP contribution in [0.4, 0.5) is 5.82 Å². The second-order valence-corrected chi connectivity index (χ2v) is 4.59. The number of carbonyl (C=O) groups excluding carboxylic acids is 2. The summed E-state index contributed by atoms with van der Waals surface area (Å²) in [6.45, 7) is 0.628. The molecule has 0 saturated heterocycles. The molecule has 9 heteroatoms.